The maximum absolute atomic E-state index is 12.8. The van der Waals surface area contributed by atoms with Crippen molar-refractivity contribution in [2.75, 3.05) is 12.4 Å². The minimum absolute atomic E-state index is 0.0594. The van der Waals surface area contributed by atoms with E-state index >= 15 is 0 Å². The van der Waals surface area contributed by atoms with Crippen LogP contribution in [0, 0.1) is 13.8 Å². The van der Waals surface area contributed by atoms with Gasteiger partial charge in [0.15, 0.2) is 11.5 Å². The maximum Gasteiger partial charge on any atom is 0.252 e. The van der Waals surface area contributed by atoms with Crippen LogP contribution in [0.5, 0.6) is 11.5 Å². The summed E-state index contributed by atoms with van der Waals surface area (Å²) in [5.41, 5.74) is 4.46. The number of anilines is 1. The lowest BCUT2D eigenvalue weighted by molar-refractivity contribution is -0.116. The number of aromatic nitrogens is 1. The Morgan fingerprint density at radius 3 is 2.59 bits per heavy atom. The summed E-state index contributed by atoms with van der Waals surface area (Å²) >= 11 is 0. The molecule has 1 aliphatic heterocycles. The van der Waals surface area contributed by atoms with Gasteiger partial charge in [0.2, 0.25) is 5.91 Å². The molecule has 2 aromatic carbocycles. The van der Waals surface area contributed by atoms with E-state index in [0.717, 1.165) is 27.6 Å². The van der Waals surface area contributed by atoms with E-state index < -0.39 is 5.92 Å². The summed E-state index contributed by atoms with van der Waals surface area (Å²) in [6.07, 6.45) is 0.153. The zero-order valence-corrected chi connectivity index (χ0v) is 15.3. The quantitative estimate of drug-likeness (QED) is 0.650. The highest BCUT2D eigenvalue weighted by atomic mass is 16.5. The zero-order valence-electron chi connectivity index (χ0n) is 15.3. The first kappa shape index (κ1) is 17.1. The molecule has 0 saturated heterocycles. The number of fused-ring (bicyclic) bond motifs is 2. The minimum atomic E-state index is -0.419. The molecule has 4 rings (SSSR count). The molecule has 27 heavy (non-hydrogen) atoms. The number of carbonyl (C=O) groups excluding carboxylic acids is 1. The van der Waals surface area contributed by atoms with E-state index in [2.05, 4.69) is 10.3 Å². The number of hydrogen-bond donors (Lipinski definition) is 3. The number of pyridine rings is 1. The fraction of sp³-hybridized carbons (Fsp3) is 0.238. The molecular weight excluding hydrogens is 344 g/mol. The summed E-state index contributed by atoms with van der Waals surface area (Å²) in [5, 5.41) is 13.7. The third kappa shape index (κ3) is 2.83. The highest BCUT2D eigenvalue weighted by Crippen LogP contribution is 2.42. The summed E-state index contributed by atoms with van der Waals surface area (Å²) in [4.78, 5) is 28.0. The van der Waals surface area contributed by atoms with Crippen molar-refractivity contribution in [3.05, 3.63) is 62.9 Å². The SMILES string of the molecule is COc1cc2c(cc1O)NC(=O)C[C@H]2c1cc2cc(C)cc(C)c2[nH]c1=O. The van der Waals surface area contributed by atoms with E-state index in [9.17, 15) is 14.7 Å². The molecule has 0 bridgehead atoms. The van der Waals surface area contributed by atoms with Crippen LogP contribution in [0.15, 0.2) is 35.1 Å². The number of hydrogen-bond acceptors (Lipinski definition) is 4. The smallest absolute Gasteiger partial charge is 0.252 e. The number of phenols is 1. The maximum atomic E-state index is 12.8. The van der Waals surface area contributed by atoms with Crippen LogP contribution >= 0.6 is 0 Å². The second-order valence-corrected chi connectivity index (χ2v) is 7.02. The topological polar surface area (TPSA) is 91.4 Å². The van der Waals surface area contributed by atoms with Gasteiger partial charge in [-0.1, -0.05) is 11.6 Å². The zero-order chi connectivity index (χ0) is 19.3. The van der Waals surface area contributed by atoms with Crippen molar-refractivity contribution >= 4 is 22.5 Å². The van der Waals surface area contributed by atoms with E-state index in [1.165, 1.54) is 13.2 Å². The van der Waals surface area contributed by atoms with Crippen LogP contribution in [-0.4, -0.2) is 23.1 Å². The monoisotopic (exact) mass is 364 g/mol. The Kier molecular flexibility index (Phi) is 3.91. The van der Waals surface area contributed by atoms with Crippen molar-refractivity contribution in [2.24, 2.45) is 0 Å². The lowest BCUT2D eigenvalue weighted by Gasteiger charge is -2.26. The highest BCUT2D eigenvalue weighted by Gasteiger charge is 2.30. The standard InChI is InChI=1S/C21H20N2O4/c1-10-4-11(2)20-12(5-10)6-15(21(26)23-20)13-8-19(25)22-16-9-17(24)18(27-3)7-14(13)16/h4-7,9,13,24H,8H2,1-3H3,(H,22,25)(H,23,26)/t13-/m1/s1. The third-order valence-electron chi connectivity index (χ3n) is 5.09. The molecule has 6 heteroatoms. The van der Waals surface area contributed by atoms with Crippen LogP contribution in [-0.2, 0) is 4.79 Å². The Morgan fingerprint density at radius 2 is 1.85 bits per heavy atom. The van der Waals surface area contributed by atoms with E-state index in [-0.39, 0.29) is 23.6 Å². The number of phenolic OH excluding ortho intramolecular Hbond substituents is 1. The van der Waals surface area contributed by atoms with Gasteiger partial charge in [0.05, 0.1) is 12.6 Å². The molecule has 3 N–H and O–H groups in total. The number of aryl methyl sites for hydroxylation is 2. The average molecular weight is 364 g/mol. The number of aromatic amines is 1. The van der Waals surface area contributed by atoms with Crippen molar-refractivity contribution in [2.45, 2.75) is 26.2 Å². The van der Waals surface area contributed by atoms with Gasteiger partial charge in [0, 0.05) is 29.7 Å². The van der Waals surface area contributed by atoms with E-state index in [1.807, 2.05) is 32.0 Å². The number of carbonyl (C=O) groups is 1. The first-order valence-corrected chi connectivity index (χ1v) is 8.72. The van der Waals surface area contributed by atoms with Crippen molar-refractivity contribution in [1.29, 1.82) is 0 Å². The van der Waals surface area contributed by atoms with Crippen LogP contribution in [0.1, 0.15) is 34.6 Å². The van der Waals surface area contributed by atoms with Crippen LogP contribution < -0.4 is 15.6 Å². The number of H-pyrrole nitrogens is 1. The summed E-state index contributed by atoms with van der Waals surface area (Å²) < 4.78 is 5.21. The molecule has 0 fully saturated rings. The third-order valence-corrected chi connectivity index (χ3v) is 5.09. The number of amides is 1. The lowest BCUT2D eigenvalue weighted by Crippen LogP contribution is -2.27. The Balaban J connectivity index is 1.95. The fourth-order valence-corrected chi connectivity index (χ4v) is 3.88. The van der Waals surface area contributed by atoms with Gasteiger partial charge in [-0.25, -0.2) is 0 Å². The van der Waals surface area contributed by atoms with Crippen molar-refractivity contribution < 1.29 is 14.6 Å². The number of ether oxygens (including phenoxy) is 1. The molecule has 0 radical (unpaired) electrons. The number of nitrogens with one attached hydrogen (secondary N) is 2. The summed E-state index contributed by atoms with van der Waals surface area (Å²) in [7, 11) is 1.46. The van der Waals surface area contributed by atoms with Crippen LogP contribution in [0.3, 0.4) is 0 Å². The van der Waals surface area contributed by atoms with Gasteiger partial charge >= 0.3 is 0 Å². The molecule has 1 aliphatic rings. The van der Waals surface area contributed by atoms with Crippen LogP contribution in [0.2, 0.25) is 0 Å². The number of rotatable bonds is 2. The summed E-state index contributed by atoms with van der Waals surface area (Å²) in [6, 6.07) is 9.04. The highest BCUT2D eigenvalue weighted by molar-refractivity contribution is 5.96. The van der Waals surface area contributed by atoms with Gasteiger partial charge in [0.25, 0.3) is 5.56 Å². The first-order chi connectivity index (χ1) is 12.9. The molecule has 1 aromatic heterocycles. The predicted molar refractivity (Wildman–Crippen MR) is 104 cm³/mol. The number of methoxy groups -OCH3 is 1. The predicted octanol–water partition coefficient (Wildman–Crippen LogP) is 3.33. The molecule has 0 aliphatic carbocycles. The molecule has 0 saturated carbocycles. The average Bonchev–Trinajstić information content (AvgIpc) is 2.60. The number of benzene rings is 2. The van der Waals surface area contributed by atoms with Gasteiger partial charge in [-0.3, -0.25) is 9.59 Å². The number of aromatic hydroxyl groups is 1. The Hall–Kier alpha value is -3.28. The Morgan fingerprint density at radius 1 is 1.07 bits per heavy atom. The van der Waals surface area contributed by atoms with E-state index in [4.69, 9.17) is 4.74 Å². The molecule has 2 heterocycles. The molecule has 1 atom stereocenters. The van der Waals surface area contributed by atoms with Gasteiger partial charge < -0.3 is 20.1 Å². The molecule has 0 unspecified atom stereocenters. The van der Waals surface area contributed by atoms with Crippen molar-refractivity contribution in [1.82, 2.24) is 4.98 Å². The lowest BCUT2D eigenvalue weighted by atomic mass is 9.84. The largest absolute Gasteiger partial charge is 0.504 e. The molecule has 6 nitrogen and oxygen atoms in total. The second-order valence-electron chi connectivity index (χ2n) is 7.02. The molecule has 3 aromatic rings. The fourth-order valence-electron chi connectivity index (χ4n) is 3.88. The van der Waals surface area contributed by atoms with Gasteiger partial charge in [0.1, 0.15) is 0 Å². The van der Waals surface area contributed by atoms with Crippen LogP contribution in [0.4, 0.5) is 5.69 Å². The van der Waals surface area contributed by atoms with E-state index in [1.54, 1.807) is 6.07 Å². The van der Waals surface area contributed by atoms with Gasteiger partial charge in [-0.2, -0.15) is 0 Å². The molecule has 0 spiro atoms. The second kappa shape index (κ2) is 6.16. The Bertz CT molecular complexity index is 1150. The molecule has 1 amide bonds. The Labute approximate surface area is 155 Å². The van der Waals surface area contributed by atoms with Crippen molar-refractivity contribution in [3.63, 3.8) is 0 Å². The van der Waals surface area contributed by atoms with Gasteiger partial charge in [-0.05, 0) is 48.6 Å². The molecular formula is C21H20N2O4. The van der Waals surface area contributed by atoms with Gasteiger partial charge in [-0.15, -0.1) is 0 Å². The summed E-state index contributed by atoms with van der Waals surface area (Å²) in [6.45, 7) is 3.97. The summed E-state index contributed by atoms with van der Waals surface area (Å²) in [5.74, 6) is -0.371. The van der Waals surface area contributed by atoms with Crippen molar-refractivity contribution in [3.8, 4) is 11.5 Å². The minimum Gasteiger partial charge on any atom is -0.504 e. The van der Waals surface area contributed by atoms with E-state index in [0.29, 0.717) is 17.0 Å². The first-order valence-electron chi connectivity index (χ1n) is 8.72. The normalized spacial score (nSPS) is 16.1. The van der Waals surface area contributed by atoms with Crippen LogP contribution in [0.25, 0.3) is 10.9 Å². The molecule has 138 valence electrons.